The molecule has 0 spiro atoms. The van der Waals surface area contributed by atoms with Gasteiger partial charge in [-0.3, -0.25) is 9.59 Å². The van der Waals surface area contributed by atoms with Crippen LogP contribution in [0.1, 0.15) is 265 Å². The number of hydrogen-bond donors (Lipinski definition) is 0. The van der Waals surface area contributed by atoms with Gasteiger partial charge in [-0.25, -0.2) is 0 Å². The summed E-state index contributed by atoms with van der Waals surface area (Å²) < 4.78 is 17.5. The third kappa shape index (κ3) is 57.1. The molecular weight excluding hydrogens is 861 g/mol. The van der Waals surface area contributed by atoms with Gasteiger partial charge < -0.3 is 14.2 Å². The van der Waals surface area contributed by atoms with Gasteiger partial charge >= 0.3 is 11.9 Å². The second kappa shape index (κ2) is 59.9. The molecule has 0 aliphatic rings. The van der Waals surface area contributed by atoms with Gasteiger partial charge in [-0.05, 0) is 103 Å². The summed E-state index contributed by atoms with van der Waals surface area (Å²) in [4.78, 5) is 25.5. The lowest BCUT2D eigenvalue weighted by Crippen LogP contribution is -2.30. The van der Waals surface area contributed by atoms with Crippen molar-refractivity contribution in [2.45, 2.75) is 271 Å². The zero-order valence-electron chi connectivity index (χ0n) is 46.0. The van der Waals surface area contributed by atoms with Crippen LogP contribution in [0.4, 0.5) is 0 Å². The highest BCUT2D eigenvalue weighted by atomic mass is 16.6. The van der Waals surface area contributed by atoms with E-state index in [0.29, 0.717) is 19.4 Å². The average Bonchev–Trinajstić information content (AvgIpc) is 3.36. The number of carbonyl (C=O) groups excluding carboxylic acids is 2. The maximum absolute atomic E-state index is 12.9. The van der Waals surface area contributed by atoms with Gasteiger partial charge in [-0.2, -0.15) is 0 Å². The smallest absolute Gasteiger partial charge is 0.306 e. The molecule has 1 unspecified atom stereocenters. The van der Waals surface area contributed by atoms with Crippen molar-refractivity contribution < 1.29 is 23.8 Å². The molecule has 5 nitrogen and oxygen atoms in total. The highest BCUT2D eigenvalue weighted by Gasteiger charge is 2.17. The van der Waals surface area contributed by atoms with Crippen LogP contribution in [0.15, 0.2) is 109 Å². The first-order chi connectivity index (χ1) is 34.6. The van der Waals surface area contributed by atoms with Crippen molar-refractivity contribution in [3.05, 3.63) is 109 Å². The summed E-state index contributed by atoms with van der Waals surface area (Å²) in [5.41, 5.74) is 0. The Morgan fingerprint density at radius 3 is 1.04 bits per heavy atom. The molecule has 0 radical (unpaired) electrons. The van der Waals surface area contributed by atoms with Crippen molar-refractivity contribution in [1.82, 2.24) is 0 Å². The molecule has 0 rings (SSSR count). The van der Waals surface area contributed by atoms with E-state index in [2.05, 4.69) is 130 Å². The Morgan fingerprint density at radius 2 is 0.643 bits per heavy atom. The fourth-order valence-electron chi connectivity index (χ4n) is 8.00. The fourth-order valence-corrected chi connectivity index (χ4v) is 8.00. The Morgan fingerprint density at radius 1 is 0.329 bits per heavy atom. The van der Waals surface area contributed by atoms with Crippen molar-refractivity contribution in [3.63, 3.8) is 0 Å². The minimum absolute atomic E-state index is 0.0542. The molecule has 0 N–H and O–H groups in total. The molecule has 1 atom stereocenters. The second-order valence-electron chi connectivity index (χ2n) is 19.1. The van der Waals surface area contributed by atoms with E-state index in [-0.39, 0.29) is 25.2 Å². The first kappa shape index (κ1) is 66.6. The molecule has 400 valence electrons. The maximum Gasteiger partial charge on any atom is 0.306 e. The van der Waals surface area contributed by atoms with E-state index in [1.54, 1.807) is 0 Å². The third-order valence-electron chi connectivity index (χ3n) is 12.3. The Balaban J connectivity index is 4.38. The first-order valence-corrected chi connectivity index (χ1v) is 29.4. The maximum atomic E-state index is 12.9. The Kier molecular flexibility index (Phi) is 56.9. The van der Waals surface area contributed by atoms with Gasteiger partial charge in [0, 0.05) is 19.4 Å². The second-order valence-corrected chi connectivity index (χ2v) is 19.1. The Labute approximate surface area is 434 Å². The minimum atomic E-state index is -0.569. The molecule has 0 aliphatic heterocycles. The molecule has 0 aromatic rings. The number of esters is 2. The van der Waals surface area contributed by atoms with Crippen LogP contribution in [-0.2, 0) is 23.8 Å². The summed E-state index contributed by atoms with van der Waals surface area (Å²) in [6.45, 7) is 7.56. The molecule has 0 saturated carbocycles. The quantitative estimate of drug-likeness (QED) is 0.0345. The van der Waals surface area contributed by atoms with E-state index in [1.165, 1.54) is 103 Å². The van der Waals surface area contributed by atoms with Crippen LogP contribution in [0.25, 0.3) is 0 Å². The summed E-state index contributed by atoms with van der Waals surface area (Å²) in [6.07, 6.45) is 82.6. The monoisotopic (exact) mass is 971 g/mol. The normalized spacial score (nSPS) is 13.0. The first-order valence-electron chi connectivity index (χ1n) is 29.4. The van der Waals surface area contributed by atoms with Gasteiger partial charge in [0.2, 0.25) is 0 Å². The lowest BCUT2D eigenvalue weighted by atomic mass is 10.0. The summed E-state index contributed by atoms with van der Waals surface area (Å²) in [5, 5.41) is 0. The molecular formula is C65H110O5. The fraction of sp³-hybridized carbons (Fsp3) is 0.692. The zero-order chi connectivity index (χ0) is 50.6. The lowest BCUT2D eigenvalue weighted by Gasteiger charge is -2.18. The van der Waals surface area contributed by atoms with Crippen molar-refractivity contribution in [1.29, 1.82) is 0 Å². The van der Waals surface area contributed by atoms with E-state index in [0.717, 1.165) is 128 Å². The molecule has 0 aliphatic carbocycles. The van der Waals surface area contributed by atoms with E-state index in [9.17, 15) is 9.59 Å². The minimum Gasteiger partial charge on any atom is -0.462 e. The SMILES string of the molecule is CC/C=C\C/C=C\C/C=C\C/C=C\C/C=C\CCCCCC(=O)OCC(COCCCCCCCCCCCCCCCCCCCC)OC(=O)CCCCCC/C=C\C/C=C\C/C=C\C/C=C\CC. The van der Waals surface area contributed by atoms with E-state index >= 15 is 0 Å². The highest BCUT2D eigenvalue weighted by Crippen LogP contribution is 2.15. The van der Waals surface area contributed by atoms with Gasteiger partial charge in [-0.15, -0.1) is 0 Å². The highest BCUT2D eigenvalue weighted by molar-refractivity contribution is 5.70. The topological polar surface area (TPSA) is 61.8 Å². The van der Waals surface area contributed by atoms with Gasteiger partial charge in [-0.1, -0.05) is 259 Å². The van der Waals surface area contributed by atoms with E-state index < -0.39 is 6.10 Å². The predicted molar refractivity (Wildman–Crippen MR) is 306 cm³/mol. The number of rotatable bonds is 53. The van der Waals surface area contributed by atoms with Crippen molar-refractivity contribution >= 4 is 11.9 Å². The summed E-state index contributed by atoms with van der Waals surface area (Å²) in [6, 6.07) is 0. The molecule has 0 bridgehead atoms. The molecule has 0 aromatic carbocycles. The van der Waals surface area contributed by atoms with Crippen LogP contribution < -0.4 is 0 Å². The van der Waals surface area contributed by atoms with Crippen LogP contribution in [0, 0.1) is 0 Å². The van der Waals surface area contributed by atoms with Crippen molar-refractivity contribution in [2.75, 3.05) is 19.8 Å². The molecule has 5 heteroatoms. The van der Waals surface area contributed by atoms with Gasteiger partial charge in [0.1, 0.15) is 6.61 Å². The number of unbranched alkanes of at least 4 members (excludes halogenated alkanes) is 24. The Bertz CT molecular complexity index is 1380. The van der Waals surface area contributed by atoms with Crippen molar-refractivity contribution in [2.24, 2.45) is 0 Å². The molecule has 0 amide bonds. The average molecular weight is 972 g/mol. The number of allylic oxidation sites excluding steroid dienone is 18. The predicted octanol–water partition coefficient (Wildman–Crippen LogP) is 20.3. The number of carbonyl (C=O) groups is 2. The Hall–Kier alpha value is -3.44. The van der Waals surface area contributed by atoms with Gasteiger partial charge in [0.25, 0.3) is 0 Å². The van der Waals surface area contributed by atoms with Gasteiger partial charge in [0.05, 0.1) is 6.61 Å². The number of hydrogen-bond acceptors (Lipinski definition) is 5. The number of ether oxygens (including phenoxy) is 3. The van der Waals surface area contributed by atoms with E-state index in [1.807, 2.05) is 0 Å². The third-order valence-corrected chi connectivity index (χ3v) is 12.3. The molecule has 0 saturated heterocycles. The largest absolute Gasteiger partial charge is 0.462 e. The van der Waals surface area contributed by atoms with Crippen LogP contribution in [0.3, 0.4) is 0 Å². The summed E-state index contributed by atoms with van der Waals surface area (Å²) in [7, 11) is 0. The molecule has 0 fully saturated rings. The van der Waals surface area contributed by atoms with Gasteiger partial charge in [0.15, 0.2) is 6.10 Å². The standard InChI is InChI=1S/C65H110O5/c1-4-7-10-13-16-19-22-25-28-31-33-35-37-40-43-46-49-52-55-58-64(66)69-62-63(61-68-60-57-54-51-48-45-42-39-36-32-29-26-23-20-17-14-11-8-5-2)70-65(67)59-56-53-50-47-44-41-38-34-30-27-24-21-18-15-12-9-6-3/h7,9-10,12,16,18-19,21,25,27-28,30,33,35,38,40-41,43,63H,4-6,8,11,13-15,17,20,22-24,26,29,31-32,34,36-37,39,42,44-62H2,1-3H3/b10-7-,12-9-,19-16-,21-18-,28-25-,30-27-,35-33-,41-38-,43-40-. The summed E-state index contributed by atoms with van der Waals surface area (Å²) >= 11 is 0. The van der Waals surface area contributed by atoms with E-state index in [4.69, 9.17) is 14.2 Å². The molecule has 70 heavy (non-hydrogen) atoms. The molecule has 0 aromatic heterocycles. The van der Waals surface area contributed by atoms with Crippen LogP contribution in [0.2, 0.25) is 0 Å². The zero-order valence-corrected chi connectivity index (χ0v) is 46.0. The van der Waals surface area contributed by atoms with Crippen molar-refractivity contribution in [3.8, 4) is 0 Å². The van der Waals surface area contributed by atoms with Crippen LogP contribution in [0.5, 0.6) is 0 Å². The van der Waals surface area contributed by atoms with Crippen LogP contribution in [-0.4, -0.2) is 37.9 Å². The van der Waals surface area contributed by atoms with Crippen LogP contribution >= 0.6 is 0 Å². The lowest BCUT2D eigenvalue weighted by molar-refractivity contribution is -0.163. The molecule has 0 heterocycles. The summed E-state index contributed by atoms with van der Waals surface area (Å²) in [5.74, 6) is -0.459.